The molecule has 7 heteroatoms. The van der Waals surface area contributed by atoms with Gasteiger partial charge in [0, 0.05) is 50.2 Å². The Balaban J connectivity index is 1.77. The van der Waals surface area contributed by atoms with Crippen molar-refractivity contribution in [1.29, 1.82) is 0 Å². The van der Waals surface area contributed by atoms with E-state index in [-0.39, 0.29) is 5.91 Å². The average Bonchev–Trinajstić information content (AvgIpc) is 2.83. The maximum Gasteiger partial charge on any atom is 0.251 e. The summed E-state index contributed by atoms with van der Waals surface area (Å²) >= 11 is 1.57. The van der Waals surface area contributed by atoms with E-state index in [1.54, 1.807) is 18.9 Å². The Kier molecular flexibility index (Phi) is 9.07. The van der Waals surface area contributed by atoms with Crippen LogP contribution in [0.1, 0.15) is 29.3 Å². The number of nitrogens with zero attached hydrogens (tertiary/aromatic N) is 3. The summed E-state index contributed by atoms with van der Waals surface area (Å²) in [6.45, 7) is 4.06. The molecule has 0 saturated heterocycles. The van der Waals surface area contributed by atoms with E-state index in [9.17, 15) is 4.79 Å². The van der Waals surface area contributed by atoms with Crippen molar-refractivity contribution in [3.05, 3.63) is 71.8 Å². The monoisotopic (exact) mass is 450 g/mol. The SMILES string of the molecule is CCCN(C)c1cc(-c2ccccc2)nc(SCc2cccc(C(=O)NCCOC)c2)n1. The van der Waals surface area contributed by atoms with Crippen molar-refractivity contribution in [2.45, 2.75) is 24.3 Å². The maximum absolute atomic E-state index is 12.3. The molecule has 3 rings (SSSR count). The molecule has 0 spiro atoms. The molecule has 0 atom stereocenters. The zero-order valence-corrected chi connectivity index (χ0v) is 19.7. The van der Waals surface area contributed by atoms with Crippen LogP contribution in [0.3, 0.4) is 0 Å². The number of anilines is 1. The molecule has 0 unspecified atom stereocenters. The van der Waals surface area contributed by atoms with Crippen LogP contribution in [-0.4, -0.2) is 49.7 Å². The second-order valence-electron chi connectivity index (χ2n) is 7.42. The van der Waals surface area contributed by atoms with Crippen LogP contribution in [-0.2, 0) is 10.5 Å². The zero-order valence-electron chi connectivity index (χ0n) is 18.9. The third-order valence-electron chi connectivity index (χ3n) is 4.86. The first-order chi connectivity index (χ1) is 15.6. The molecule has 2 aromatic carbocycles. The third-order valence-corrected chi connectivity index (χ3v) is 5.78. The number of amides is 1. The fourth-order valence-electron chi connectivity index (χ4n) is 3.20. The largest absolute Gasteiger partial charge is 0.383 e. The predicted octanol–water partition coefficient (Wildman–Crippen LogP) is 4.66. The van der Waals surface area contributed by atoms with Crippen molar-refractivity contribution < 1.29 is 9.53 Å². The van der Waals surface area contributed by atoms with E-state index in [0.29, 0.717) is 24.5 Å². The highest BCUT2D eigenvalue weighted by Crippen LogP contribution is 2.27. The van der Waals surface area contributed by atoms with Crippen LogP contribution in [0.2, 0.25) is 0 Å². The molecule has 0 saturated carbocycles. The van der Waals surface area contributed by atoms with Gasteiger partial charge in [0.15, 0.2) is 5.16 Å². The predicted molar refractivity (Wildman–Crippen MR) is 131 cm³/mol. The number of methoxy groups -OCH3 is 1. The van der Waals surface area contributed by atoms with Crippen molar-refractivity contribution in [1.82, 2.24) is 15.3 Å². The number of rotatable bonds is 11. The summed E-state index contributed by atoms with van der Waals surface area (Å²) in [7, 11) is 3.67. The quantitative estimate of drug-likeness (QED) is 0.260. The molecule has 0 aliphatic rings. The standard InChI is InChI=1S/C25H30N4O2S/c1-4-14-29(2)23-17-22(20-10-6-5-7-11-20)27-25(28-23)32-18-19-9-8-12-21(16-19)24(30)26-13-15-31-3/h5-12,16-17H,4,13-15,18H2,1-3H3,(H,26,30). The average molecular weight is 451 g/mol. The number of ether oxygens (including phenoxy) is 1. The molecule has 1 amide bonds. The van der Waals surface area contributed by atoms with E-state index in [2.05, 4.69) is 36.3 Å². The Hall–Kier alpha value is -2.90. The van der Waals surface area contributed by atoms with Crippen molar-refractivity contribution in [3.63, 3.8) is 0 Å². The van der Waals surface area contributed by atoms with Gasteiger partial charge in [-0.15, -0.1) is 0 Å². The molecule has 1 heterocycles. The first-order valence-electron chi connectivity index (χ1n) is 10.7. The summed E-state index contributed by atoms with van der Waals surface area (Å²) in [5.41, 5.74) is 3.66. The van der Waals surface area contributed by atoms with Crippen molar-refractivity contribution in [2.24, 2.45) is 0 Å². The van der Waals surface area contributed by atoms with E-state index in [1.165, 1.54) is 0 Å². The van der Waals surface area contributed by atoms with E-state index >= 15 is 0 Å². The number of carbonyl (C=O) groups is 1. The van der Waals surface area contributed by atoms with Gasteiger partial charge in [-0.2, -0.15) is 0 Å². The summed E-state index contributed by atoms with van der Waals surface area (Å²) in [5, 5.41) is 3.58. The molecular weight excluding hydrogens is 420 g/mol. The van der Waals surface area contributed by atoms with Gasteiger partial charge in [-0.3, -0.25) is 4.79 Å². The van der Waals surface area contributed by atoms with Crippen LogP contribution in [0.15, 0.2) is 65.8 Å². The second kappa shape index (κ2) is 12.2. The van der Waals surface area contributed by atoms with Gasteiger partial charge < -0.3 is 15.0 Å². The minimum absolute atomic E-state index is 0.0975. The highest BCUT2D eigenvalue weighted by Gasteiger charge is 2.11. The molecule has 6 nitrogen and oxygen atoms in total. The molecule has 32 heavy (non-hydrogen) atoms. The molecule has 0 radical (unpaired) electrons. The van der Waals surface area contributed by atoms with Crippen LogP contribution in [0.4, 0.5) is 5.82 Å². The Bertz CT molecular complexity index is 1010. The molecule has 0 fully saturated rings. The van der Waals surface area contributed by atoms with Crippen LogP contribution < -0.4 is 10.2 Å². The summed E-state index contributed by atoms with van der Waals surface area (Å²) in [5.74, 6) is 1.49. The van der Waals surface area contributed by atoms with E-state index in [1.807, 2.05) is 48.5 Å². The van der Waals surface area contributed by atoms with E-state index in [4.69, 9.17) is 14.7 Å². The van der Waals surface area contributed by atoms with Gasteiger partial charge in [0.1, 0.15) is 5.82 Å². The van der Waals surface area contributed by atoms with Gasteiger partial charge in [-0.1, -0.05) is 61.2 Å². The number of benzene rings is 2. The van der Waals surface area contributed by atoms with Gasteiger partial charge in [0.25, 0.3) is 5.91 Å². The summed E-state index contributed by atoms with van der Waals surface area (Å²) in [6, 6.07) is 19.9. The first kappa shape index (κ1) is 23.8. The van der Waals surface area contributed by atoms with Crippen molar-refractivity contribution in [3.8, 4) is 11.3 Å². The molecular formula is C25H30N4O2S. The molecule has 168 valence electrons. The van der Waals surface area contributed by atoms with Gasteiger partial charge in [-0.05, 0) is 24.1 Å². The highest BCUT2D eigenvalue weighted by molar-refractivity contribution is 7.98. The molecule has 0 aliphatic carbocycles. The third kappa shape index (κ3) is 6.80. The second-order valence-corrected chi connectivity index (χ2v) is 8.36. The van der Waals surface area contributed by atoms with Crippen molar-refractivity contribution in [2.75, 3.05) is 38.8 Å². The van der Waals surface area contributed by atoms with E-state index in [0.717, 1.165) is 40.8 Å². The summed E-state index contributed by atoms with van der Waals surface area (Å²) < 4.78 is 4.99. The first-order valence-corrected chi connectivity index (χ1v) is 11.7. The fourth-order valence-corrected chi connectivity index (χ4v) is 3.99. The Morgan fingerprint density at radius 1 is 1.09 bits per heavy atom. The lowest BCUT2D eigenvalue weighted by atomic mass is 10.1. The smallest absolute Gasteiger partial charge is 0.251 e. The number of nitrogens with one attached hydrogen (secondary N) is 1. The Labute approximate surface area is 194 Å². The zero-order chi connectivity index (χ0) is 22.8. The molecule has 0 bridgehead atoms. The van der Waals surface area contributed by atoms with Gasteiger partial charge in [-0.25, -0.2) is 9.97 Å². The van der Waals surface area contributed by atoms with Crippen LogP contribution in [0, 0.1) is 0 Å². The number of carbonyl (C=O) groups excluding carboxylic acids is 1. The molecule has 0 aliphatic heterocycles. The minimum atomic E-state index is -0.0975. The number of thioether (sulfide) groups is 1. The molecule has 1 N–H and O–H groups in total. The van der Waals surface area contributed by atoms with Gasteiger partial charge >= 0.3 is 0 Å². The maximum atomic E-state index is 12.3. The Morgan fingerprint density at radius 3 is 2.66 bits per heavy atom. The van der Waals surface area contributed by atoms with Gasteiger partial charge in [0.2, 0.25) is 0 Å². The lowest BCUT2D eigenvalue weighted by Gasteiger charge is -2.18. The van der Waals surface area contributed by atoms with Crippen LogP contribution >= 0.6 is 11.8 Å². The topological polar surface area (TPSA) is 67.4 Å². The molecule has 1 aromatic heterocycles. The summed E-state index contributed by atoms with van der Waals surface area (Å²) in [6.07, 6.45) is 1.04. The minimum Gasteiger partial charge on any atom is -0.383 e. The number of aromatic nitrogens is 2. The highest BCUT2D eigenvalue weighted by atomic mass is 32.2. The lowest BCUT2D eigenvalue weighted by molar-refractivity contribution is 0.0937. The fraction of sp³-hybridized carbons (Fsp3) is 0.320. The van der Waals surface area contributed by atoms with E-state index < -0.39 is 0 Å². The van der Waals surface area contributed by atoms with Crippen LogP contribution in [0.25, 0.3) is 11.3 Å². The van der Waals surface area contributed by atoms with Gasteiger partial charge in [0.05, 0.1) is 12.3 Å². The van der Waals surface area contributed by atoms with Crippen molar-refractivity contribution >= 4 is 23.5 Å². The summed E-state index contributed by atoms with van der Waals surface area (Å²) in [4.78, 5) is 24.1. The normalized spacial score (nSPS) is 10.7. The number of hydrogen-bond donors (Lipinski definition) is 1. The Morgan fingerprint density at radius 2 is 1.91 bits per heavy atom. The van der Waals surface area contributed by atoms with Crippen LogP contribution in [0.5, 0.6) is 0 Å². The molecule has 3 aromatic rings. The number of hydrogen-bond acceptors (Lipinski definition) is 6. The lowest BCUT2D eigenvalue weighted by Crippen LogP contribution is -2.26.